The summed E-state index contributed by atoms with van der Waals surface area (Å²) in [5.74, 6) is 1.26. The lowest BCUT2D eigenvalue weighted by Gasteiger charge is -2.15. The van der Waals surface area contributed by atoms with Crippen molar-refractivity contribution in [3.8, 4) is 5.75 Å². The first kappa shape index (κ1) is 18.9. The Morgan fingerprint density at radius 2 is 2.15 bits per heavy atom. The minimum atomic E-state index is -0.183. The number of hydrogen-bond acceptors (Lipinski definition) is 5. The first-order chi connectivity index (χ1) is 13.1. The van der Waals surface area contributed by atoms with E-state index in [-0.39, 0.29) is 11.8 Å². The molecule has 0 unspecified atom stereocenters. The molecule has 1 saturated heterocycles. The molecule has 7 nitrogen and oxygen atoms in total. The van der Waals surface area contributed by atoms with Gasteiger partial charge in [0.05, 0.1) is 16.8 Å². The molecule has 1 N–H and O–H groups in total. The van der Waals surface area contributed by atoms with Gasteiger partial charge in [-0.3, -0.25) is 9.59 Å². The van der Waals surface area contributed by atoms with Gasteiger partial charge in [0, 0.05) is 26.1 Å². The Hall–Kier alpha value is -2.83. The van der Waals surface area contributed by atoms with Crippen molar-refractivity contribution in [2.75, 3.05) is 19.6 Å². The molecule has 144 valence electrons. The van der Waals surface area contributed by atoms with Gasteiger partial charge in [0.15, 0.2) is 0 Å². The lowest BCUT2D eigenvalue weighted by atomic mass is 10.1. The number of nitrogens with one attached hydrogen (secondary N) is 1. The van der Waals surface area contributed by atoms with Crippen LogP contribution < -0.4 is 10.1 Å². The predicted molar refractivity (Wildman–Crippen MR) is 99.5 cm³/mol. The number of benzene rings is 1. The molecule has 2 heterocycles. The summed E-state index contributed by atoms with van der Waals surface area (Å²) >= 11 is 0. The standard InChI is InChI=1S/C20H25N3O4/c1-14-17(15(2)27-22-14)13-26-18-8-4-3-7-16(18)20(25)21-10-6-12-23-11-5-9-19(23)24/h3-4,7-8H,5-6,9-13H2,1-2H3,(H,21,25). The first-order valence-corrected chi connectivity index (χ1v) is 9.26. The molecular weight excluding hydrogens is 346 g/mol. The van der Waals surface area contributed by atoms with Crippen LogP contribution in [0.2, 0.25) is 0 Å². The number of rotatable bonds is 8. The molecule has 0 bridgehead atoms. The summed E-state index contributed by atoms with van der Waals surface area (Å²) in [4.78, 5) is 26.0. The van der Waals surface area contributed by atoms with Crippen LogP contribution >= 0.6 is 0 Å². The molecular formula is C20H25N3O4. The van der Waals surface area contributed by atoms with Crippen LogP contribution in [0.25, 0.3) is 0 Å². The van der Waals surface area contributed by atoms with Gasteiger partial charge in [0.1, 0.15) is 18.1 Å². The van der Waals surface area contributed by atoms with Gasteiger partial charge in [-0.25, -0.2) is 0 Å². The van der Waals surface area contributed by atoms with Crippen LogP contribution in [0.4, 0.5) is 0 Å². The number of ether oxygens (including phenoxy) is 1. The Bertz CT molecular complexity index is 796. The van der Waals surface area contributed by atoms with E-state index in [1.165, 1.54) is 0 Å². The van der Waals surface area contributed by atoms with Gasteiger partial charge >= 0.3 is 0 Å². The van der Waals surface area contributed by atoms with Crippen molar-refractivity contribution in [2.45, 2.75) is 39.7 Å². The Morgan fingerprint density at radius 1 is 1.33 bits per heavy atom. The molecule has 1 aromatic heterocycles. The molecule has 27 heavy (non-hydrogen) atoms. The molecule has 1 aliphatic heterocycles. The maximum absolute atomic E-state index is 12.5. The minimum Gasteiger partial charge on any atom is -0.488 e. The van der Waals surface area contributed by atoms with E-state index >= 15 is 0 Å². The van der Waals surface area contributed by atoms with E-state index in [0.29, 0.717) is 43.2 Å². The molecule has 2 aromatic rings. The Morgan fingerprint density at radius 3 is 2.85 bits per heavy atom. The summed E-state index contributed by atoms with van der Waals surface area (Å²) in [5.41, 5.74) is 2.16. The lowest BCUT2D eigenvalue weighted by Crippen LogP contribution is -2.30. The number of amides is 2. The molecule has 1 aromatic carbocycles. The number of carbonyl (C=O) groups is 2. The van der Waals surface area contributed by atoms with Crippen LogP contribution in [0.15, 0.2) is 28.8 Å². The van der Waals surface area contributed by atoms with Gasteiger partial charge in [-0.05, 0) is 38.8 Å². The molecule has 0 aliphatic carbocycles. The summed E-state index contributed by atoms with van der Waals surface area (Å²) in [6, 6.07) is 7.15. The third kappa shape index (κ3) is 4.67. The number of nitrogens with zero attached hydrogens (tertiary/aromatic N) is 2. The van der Waals surface area contributed by atoms with E-state index in [1.54, 1.807) is 18.2 Å². The second-order valence-electron chi connectivity index (χ2n) is 6.68. The second kappa shape index (κ2) is 8.70. The Kier molecular flexibility index (Phi) is 6.11. The van der Waals surface area contributed by atoms with Crippen molar-refractivity contribution in [3.05, 3.63) is 46.8 Å². The van der Waals surface area contributed by atoms with Crippen molar-refractivity contribution in [2.24, 2.45) is 0 Å². The molecule has 0 saturated carbocycles. The highest BCUT2D eigenvalue weighted by Gasteiger charge is 2.19. The SMILES string of the molecule is Cc1noc(C)c1COc1ccccc1C(=O)NCCCN1CCCC1=O. The quantitative estimate of drug-likeness (QED) is 0.721. The number of para-hydroxylation sites is 1. The molecule has 3 rings (SSSR count). The van der Waals surface area contributed by atoms with E-state index < -0.39 is 0 Å². The maximum Gasteiger partial charge on any atom is 0.255 e. The molecule has 1 fully saturated rings. The summed E-state index contributed by atoms with van der Waals surface area (Å²) in [5, 5.41) is 6.82. The van der Waals surface area contributed by atoms with Crippen LogP contribution in [0, 0.1) is 13.8 Å². The van der Waals surface area contributed by atoms with Gasteiger partial charge in [-0.1, -0.05) is 17.3 Å². The lowest BCUT2D eigenvalue weighted by molar-refractivity contribution is -0.127. The van der Waals surface area contributed by atoms with Crippen molar-refractivity contribution in [1.29, 1.82) is 0 Å². The van der Waals surface area contributed by atoms with Crippen LogP contribution in [-0.2, 0) is 11.4 Å². The second-order valence-corrected chi connectivity index (χ2v) is 6.68. The summed E-state index contributed by atoms with van der Waals surface area (Å²) in [6.45, 7) is 6.01. The average molecular weight is 371 g/mol. The number of aryl methyl sites for hydroxylation is 2. The molecule has 1 aliphatic rings. The highest BCUT2D eigenvalue weighted by molar-refractivity contribution is 5.96. The number of likely N-dealkylation sites (tertiary alicyclic amines) is 1. The number of aromatic nitrogens is 1. The van der Waals surface area contributed by atoms with Crippen LogP contribution in [-0.4, -0.2) is 41.5 Å². The Labute approximate surface area is 158 Å². The Balaban J connectivity index is 1.53. The van der Waals surface area contributed by atoms with E-state index in [9.17, 15) is 9.59 Å². The topological polar surface area (TPSA) is 84.7 Å². The largest absolute Gasteiger partial charge is 0.488 e. The van der Waals surface area contributed by atoms with E-state index in [0.717, 1.165) is 30.6 Å². The molecule has 0 atom stereocenters. The van der Waals surface area contributed by atoms with Gasteiger partial charge in [-0.15, -0.1) is 0 Å². The fourth-order valence-corrected chi connectivity index (χ4v) is 3.15. The molecule has 7 heteroatoms. The highest BCUT2D eigenvalue weighted by atomic mass is 16.5. The zero-order valence-corrected chi connectivity index (χ0v) is 15.8. The van der Waals surface area contributed by atoms with Gasteiger partial charge in [0.25, 0.3) is 5.91 Å². The normalized spacial score (nSPS) is 13.9. The smallest absolute Gasteiger partial charge is 0.255 e. The predicted octanol–water partition coefficient (Wildman–Crippen LogP) is 2.61. The third-order valence-electron chi connectivity index (χ3n) is 4.75. The monoisotopic (exact) mass is 371 g/mol. The van der Waals surface area contributed by atoms with Crippen molar-refractivity contribution >= 4 is 11.8 Å². The van der Waals surface area contributed by atoms with Crippen molar-refractivity contribution in [3.63, 3.8) is 0 Å². The van der Waals surface area contributed by atoms with E-state index in [1.807, 2.05) is 24.8 Å². The van der Waals surface area contributed by atoms with Crippen molar-refractivity contribution < 1.29 is 18.8 Å². The third-order valence-corrected chi connectivity index (χ3v) is 4.75. The van der Waals surface area contributed by atoms with E-state index in [4.69, 9.17) is 9.26 Å². The van der Waals surface area contributed by atoms with Crippen LogP contribution in [0.1, 0.15) is 46.6 Å². The van der Waals surface area contributed by atoms with E-state index in [2.05, 4.69) is 10.5 Å². The number of carbonyl (C=O) groups excluding carboxylic acids is 2. The number of hydrogen-bond donors (Lipinski definition) is 1. The minimum absolute atomic E-state index is 0.183. The van der Waals surface area contributed by atoms with Gasteiger partial charge in [0.2, 0.25) is 5.91 Å². The first-order valence-electron chi connectivity index (χ1n) is 9.26. The highest BCUT2D eigenvalue weighted by Crippen LogP contribution is 2.21. The average Bonchev–Trinajstić information content (AvgIpc) is 3.22. The fraction of sp³-hybridized carbons (Fsp3) is 0.450. The fourth-order valence-electron chi connectivity index (χ4n) is 3.15. The summed E-state index contributed by atoms with van der Waals surface area (Å²) < 4.78 is 11.0. The van der Waals surface area contributed by atoms with Crippen LogP contribution in [0.3, 0.4) is 0 Å². The summed E-state index contributed by atoms with van der Waals surface area (Å²) in [6.07, 6.45) is 2.31. The zero-order chi connectivity index (χ0) is 19.2. The maximum atomic E-state index is 12.5. The van der Waals surface area contributed by atoms with Crippen LogP contribution in [0.5, 0.6) is 5.75 Å². The molecule has 0 radical (unpaired) electrons. The van der Waals surface area contributed by atoms with Gasteiger partial charge in [-0.2, -0.15) is 0 Å². The molecule has 2 amide bonds. The molecule has 0 spiro atoms. The summed E-state index contributed by atoms with van der Waals surface area (Å²) in [7, 11) is 0. The van der Waals surface area contributed by atoms with Crippen molar-refractivity contribution in [1.82, 2.24) is 15.4 Å². The zero-order valence-electron chi connectivity index (χ0n) is 15.8. The van der Waals surface area contributed by atoms with Gasteiger partial charge < -0.3 is 19.5 Å².